The molecule has 0 atom stereocenters. The first kappa shape index (κ1) is 29.7. The van der Waals surface area contributed by atoms with Crippen molar-refractivity contribution >= 4 is 0 Å². The fourth-order valence-electron chi connectivity index (χ4n) is 5.21. The quantitative estimate of drug-likeness (QED) is 0.154. The number of hydrogen-bond acceptors (Lipinski definition) is 7. The van der Waals surface area contributed by atoms with Gasteiger partial charge < -0.3 is 9.47 Å². The van der Waals surface area contributed by atoms with Gasteiger partial charge in [-0.1, -0.05) is 113 Å². The van der Waals surface area contributed by atoms with E-state index in [2.05, 4.69) is 71.7 Å². The molecule has 0 aliphatic rings. The van der Waals surface area contributed by atoms with Gasteiger partial charge in [-0.25, -0.2) is 9.67 Å². The average Bonchev–Trinajstić information content (AvgIpc) is 3.72. The highest BCUT2D eigenvalue weighted by atomic mass is 16.7. The summed E-state index contributed by atoms with van der Waals surface area (Å²) in [6.45, 7) is 9.30. The highest BCUT2D eigenvalue weighted by Gasteiger charge is 2.41. The van der Waals surface area contributed by atoms with Crippen LogP contribution in [0, 0.1) is 5.41 Å². The first-order valence-electron chi connectivity index (χ1n) is 15.2. The maximum absolute atomic E-state index is 6.62. The molecule has 0 bridgehead atoms. The van der Waals surface area contributed by atoms with E-state index in [0.717, 1.165) is 28.1 Å². The van der Waals surface area contributed by atoms with E-state index in [9.17, 15) is 0 Å². The zero-order valence-corrected chi connectivity index (χ0v) is 26.0. The maximum Gasteiger partial charge on any atom is 0.314 e. The molecule has 9 heteroatoms. The van der Waals surface area contributed by atoms with Crippen LogP contribution in [0.25, 0.3) is 22.5 Å². The Labute approximate surface area is 263 Å². The summed E-state index contributed by atoms with van der Waals surface area (Å²) in [5.41, 5.74) is 4.10. The van der Waals surface area contributed by atoms with Crippen LogP contribution < -0.4 is 9.47 Å². The van der Waals surface area contributed by atoms with Gasteiger partial charge in [0.05, 0.1) is 0 Å². The van der Waals surface area contributed by atoms with Gasteiger partial charge in [-0.15, -0.1) is 15.3 Å². The van der Waals surface area contributed by atoms with Crippen molar-refractivity contribution in [2.24, 2.45) is 5.41 Å². The Morgan fingerprint density at radius 1 is 0.733 bits per heavy atom. The number of nitrogens with one attached hydrogen (secondary N) is 1. The molecule has 1 N–H and O–H groups in total. The molecule has 0 fully saturated rings. The lowest BCUT2D eigenvalue weighted by atomic mass is 9.96. The van der Waals surface area contributed by atoms with Gasteiger partial charge in [0.25, 0.3) is 0 Å². The Balaban J connectivity index is 1.36. The molecule has 4 aromatic carbocycles. The highest BCUT2D eigenvalue weighted by Crippen LogP contribution is 2.34. The van der Waals surface area contributed by atoms with E-state index in [-0.39, 0.29) is 5.41 Å². The third-order valence-corrected chi connectivity index (χ3v) is 7.37. The summed E-state index contributed by atoms with van der Waals surface area (Å²) in [6, 6.07) is 35.9. The molecule has 0 saturated carbocycles. The topological polar surface area (TPSA) is 104 Å². The lowest BCUT2D eigenvalue weighted by Crippen LogP contribution is -2.40. The highest BCUT2D eigenvalue weighted by molar-refractivity contribution is 5.80. The largest absolute Gasteiger partial charge is 0.445 e. The van der Waals surface area contributed by atoms with Gasteiger partial charge in [0.2, 0.25) is 11.6 Å². The van der Waals surface area contributed by atoms with Crippen molar-refractivity contribution < 1.29 is 9.47 Å². The summed E-state index contributed by atoms with van der Waals surface area (Å²) in [7, 11) is 0. The number of hydrogen-bond donors (Lipinski definition) is 1. The van der Waals surface area contributed by atoms with Crippen molar-refractivity contribution in [3.63, 3.8) is 0 Å². The van der Waals surface area contributed by atoms with Gasteiger partial charge in [-0.3, -0.25) is 0 Å². The van der Waals surface area contributed by atoms with E-state index in [4.69, 9.17) is 19.6 Å². The van der Waals surface area contributed by atoms with Gasteiger partial charge in [-0.2, -0.15) is 5.21 Å². The molecule has 228 valence electrons. The lowest BCUT2D eigenvalue weighted by molar-refractivity contribution is -0.131. The van der Waals surface area contributed by atoms with Crippen molar-refractivity contribution in [3.8, 4) is 34.0 Å². The molecule has 0 aliphatic carbocycles. The summed E-state index contributed by atoms with van der Waals surface area (Å²) < 4.78 is 15.2. The number of ether oxygens (including phenoxy) is 2. The van der Waals surface area contributed by atoms with Crippen LogP contribution in [0.3, 0.4) is 0 Å². The minimum absolute atomic E-state index is 0.0299. The normalized spacial score (nSPS) is 11.8. The van der Waals surface area contributed by atoms with Crippen molar-refractivity contribution in [3.05, 3.63) is 126 Å². The number of H-pyrrole nitrogens is 1. The number of aromatic amines is 1. The Morgan fingerprint density at radius 3 is 1.89 bits per heavy atom. The summed E-state index contributed by atoms with van der Waals surface area (Å²) in [4.78, 5) is 5.13. The third-order valence-electron chi connectivity index (χ3n) is 7.37. The number of rotatable bonds is 11. The third kappa shape index (κ3) is 6.93. The van der Waals surface area contributed by atoms with Crippen LogP contribution in [0.5, 0.6) is 11.5 Å². The second-order valence-electron chi connectivity index (χ2n) is 12.2. The SMILES string of the molecule is CCC(Oc1ccccc1)(Oc1ccccc1)c1nc(Cc2ccc(-c3ccccc3-c3nn[nH]n3)cc2)n(CC(C)(C)C)n1. The number of para-hydroxylation sites is 2. The molecule has 45 heavy (non-hydrogen) atoms. The second-order valence-corrected chi connectivity index (χ2v) is 12.2. The van der Waals surface area contributed by atoms with Gasteiger partial charge in [0.1, 0.15) is 17.3 Å². The van der Waals surface area contributed by atoms with E-state index in [1.54, 1.807) is 0 Å². The van der Waals surface area contributed by atoms with Gasteiger partial charge >= 0.3 is 5.79 Å². The summed E-state index contributed by atoms with van der Waals surface area (Å²) in [5.74, 6) is 2.02. The van der Waals surface area contributed by atoms with Crippen LogP contribution in [0.15, 0.2) is 109 Å². The molecule has 2 heterocycles. The van der Waals surface area contributed by atoms with Crippen LogP contribution in [-0.4, -0.2) is 35.4 Å². The molecule has 0 aliphatic heterocycles. The van der Waals surface area contributed by atoms with Crippen molar-refractivity contribution in [1.29, 1.82) is 0 Å². The van der Waals surface area contributed by atoms with E-state index >= 15 is 0 Å². The number of nitrogens with zero attached hydrogens (tertiary/aromatic N) is 6. The van der Waals surface area contributed by atoms with Gasteiger partial charge in [0, 0.05) is 24.9 Å². The molecule has 0 amide bonds. The molecular formula is C36H37N7O2. The molecular weight excluding hydrogens is 562 g/mol. The lowest BCUT2D eigenvalue weighted by Gasteiger charge is -2.31. The Kier molecular flexibility index (Phi) is 8.42. The van der Waals surface area contributed by atoms with Crippen molar-refractivity contribution in [2.75, 3.05) is 0 Å². The zero-order chi connectivity index (χ0) is 31.3. The predicted molar refractivity (Wildman–Crippen MR) is 173 cm³/mol. The maximum atomic E-state index is 6.62. The fourth-order valence-corrected chi connectivity index (χ4v) is 5.21. The van der Waals surface area contributed by atoms with Crippen LogP contribution in [0.4, 0.5) is 0 Å². The average molecular weight is 600 g/mol. The molecule has 0 radical (unpaired) electrons. The summed E-state index contributed by atoms with van der Waals surface area (Å²) >= 11 is 0. The number of benzene rings is 4. The molecule has 0 unspecified atom stereocenters. The first-order valence-corrected chi connectivity index (χ1v) is 15.2. The number of tetrazole rings is 1. The Hall–Kier alpha value is -5.31. The van der Waals surface area contributed by atoms with Gasteiger partial charge in [-0.05, 0) is 51.6 Å². The summed E-state index contributed by atoms with van der Waals surface area (Å²) in [5, 5.41) is 19.7. The van der Waals surface area contributed by atoms with E-state index in [0.29, 0.717) is 42.5 Å². The van der Waals surface area contributed by atoms with Crippen molar-refractivity contribution in [1.82, 2.24) is 35.4 Å². The smallest absolute Gasteiger partial charge is 0.314 e. The van der Waals surface area contributed by atoms with Crippen LogP contribution in [0.1, 0.15) is 51.3 Å². The molecule has 0 spiro atoms. The van der Waals surface area contributed by atoms with E-state index in [1.807, 2.05) is 90.5 Å². The molecule has 2 aromatic heterocycles. The van der Waals surface area contributed by atoms with E-state index < -0.39 is 5.79 Å². The van der Waals surface area contributed by atoms with E-state index in [1.165, 1.54) is 0 Å². The van der Waals surface area contributed by atoms with Gasteiger partial charge in [0.15, 0.2) is 0 Å². The predicted octanol–water partition coefficient (Wildman–Crippen LogP) is 7.48. The minimum Gasteiger partial charge on any atom is -0.445 e. The second kappa shape index (κ2) is 12.7. The Morgan fingerprint density at radius 2 is 1.33 bits per heavy atom. The standard InChI is InChI=1S/C36H37N7O2/c1-5-36(44-28-14-8-6-9-15-28,45-29-16-10-7-11-17-29)34-37-32(43(40-34)25-35(2,3)4)24-26-20-22-27(23-21-26)30-18-12-13-19-31(30)33-38-41-42-39-33/h6-23H,5,24-25H2,1-4H3,(H,38,39,41,42). The molecule has 6 aromatic rings. The molecule has 0 saturated heterocycles. The minimum atomic E-state index is -1.23. The Bertz CT molecular complexity index is 1770. The van der Waals surface area contributed by atoms with Crippen molar-refractivity contribution in [2.45, 2.75) is 52.9 Å². The zero-order valence-electron chi connectivity index (χ0n) is 26.0. The van der Waals surface area contributed by atoms with Crippen LogP contribution in [-0.2, 0) is 18.8 Å². The monoisotopic (exact) mass is 599 g/mol. The van der Waals surface area contributed by atoms with Crippen LogP contribution in [0.2, 0.25) is 0 Å². The van der Waals surface area contributed by atoms with Crippen LogP contribution >= 0.6 is 0 Å². The molecule has 9 nitrogen and oxygen atoms in total. The first-order chi connectivity index (χ1) is 21.8. The molecule has 6 rings (SSSR count). The fraction of sp³-hybridized carbons (Fsp3) is 0.250. The summed E-state index contributed by atoms with van der Waals surface area (Å²) in [6.07, 6.45) is 1.08. The number of aromatic nitrogens is 7.